The zero-order chi connectivity index (χ0) is 20.6. The normalized spacial score (nSPS) is 14.8. The maximum atomic E-state index is 12.9. The van der Waals surface area contributed by atoms with Crippen LogP contribution < -0.4 is 9.73 Å². The summed E-state index contributed by atoms with van der Waals surface area (Å²) < 4.78 is 26.9. The van der Waals surface area contributed by atoms with Gasteiger partial charge in [-0.25, -0.2) is 13.8 Å². The van der Waals surface area contributed by atoms with Crippen LogP contribution in [-0.2, 0) is 14.8 Å². The van der Waals surface area contributed by atoms with Crippen molar-refractivity contribution >= 4 is 38.6 Å². The minimum absolute atomic E-state index is 0.229. The molecule has 0 fully saturated rings. The number of hydrazone groups is 1. The van der Waals surface area contributed by atoms with Gasteiger partial charge < -0.3 is 0 Å². The summed E-state index contributed by atoms with van der Waals surface area (Å²) in [6, 6.07) is 18.4. The van der Waals surface area contributed by atoms with Crippen molar-refractivity contribution in [3.05, 3.63) is 71.8 Å². The van der Waals surface area contributed by atoms with Crippen LogP contribution in [-0.4, -0.2) is 27.1 Å². The minimum Gasteiger partial charge on any atom is -0.271 e. The maximum absolute atomic E-state index is 12.9. The third-order valence-corrected chi connectivity index (χ3v) is 6.78. The Hall–Kier alpha value is -3.19. The lowest BCUT2D eigenvalue weighted by Crippen LogP contribution is -2.37. The highest BCUT2D eigenvalue weighted by atomic mass is 32.2. The molecule has 1 heterocycles. The van der Waals surface area contributed by atoms with E-state index in [-0.39, 0.29) is 11.4 Å². The van der Waals surface area contributed by atoms with Gasteiger partial charge in [-0.3, -0.25) is 9.10 Å². The molecule has 1 aliphatic rings. The van der Waals surface area contributed by atoms with Crippen molar-refractivity contribution in [1.29, 1.82) is 0 Å². The first kappa shape index (κ1) is 19.1. The topological polar surface area (TPSA) is 78.8 Å². The molecule has 0 aromatic heterocycles. The number of carbonyl (C=O) groups excluding carboxylic acids is 1. The van der Waals surface area contributed by atoms with Crippen LogP contribution in [0.5, 0.6) is 0 Å². The molecule has 0 unspecified atom stereocenters. The lowest BCUT2D eigenvalue weighted by atomic mass is 10.0. The summed E-state index contributed by atoms with van der Waals surface area (Å²) in [4.78, 5) is 12.6. The summed E-state index contributed by atoms with van der Waals surface area (Å²) in [7, 11) is -3.76. The van der Waals surface area contributed by atoms with Gasteiger partial charge in [0.25, 0.3) is 15.9 Å². The third-order valence-electron chi connectivity index (χ3n) is 4.97. The molecule has 0 atom stereocenters. The van der Waals surface area contributed by atoms with E-state index < -0.39 is 15.9 Å². The molecule has 0 saturated carbocycles. The number of hydrogen-bond donors (Lipinski definition) is 1. The Morgan fingerprint density at radius 3 is 2.45 bits per heavy atom. The van der Waals surface area contributed by atoms with Crippen LogP contribution in [0.4, 0.5) is 5.69 Å². The molecule has 7 heteroatoms. The predicted molar refractivity (Wildman–Crippen MR) is 115 cm³/mol. The highest BCUT2D eigenvalue weighted by molar-refractivity contribution is 7.93. The Balaban J connectivity index is 1.48. The lowest BCUT2D eigenvalue weighted by Gasteiger charge is -2.17. The molecule has 1 aliphatic heterocycles. The van der Waals surface area contributed by atoms with E-state index in [0.717, 1.165) is 15.3 Å². The summed E-state index contributed by atoms with van der Waals surface area (Å²) in [5, 5.41) is 5.44. The smallest absolute Gasteiger partial charge is 0.265 e. The SMILES string of the molecule is CC(C)c1ccc(/C=N\NC(=O)CN2c3cccc4cccc(c34)S2(=O)=O)cc1. The van der Waals surface area contributed by atoms with Crippen molar-refractivity contribution in [2.24, 2.45) is 5.10 Å². The molecule has 148 valence electrons. The van der Waals surface area contributed by atoms with Crippen LogP contribution in [0.1, 0.15) is 30.9 Å². The molecule has 3 aromatic carbocycles. The van der Waals surface area contributed by atoms with Gasteiger partial charge in [-0.1, -0.05) is 62.4 Å². The number of benzene rings is 3. The van der Waals surface area contributed by atoms with Crippen LogP contribution in [0.2, 0.25) is 0 Å². The van der Waals surface area contributed by atoms with E-state index in [2.05, 4.69) is 24.4 Å². The molecule has 0 radical (unpaired) electrons. The Labute approximate surface area is 169 Å². The Morgan fingerprint density at radius 1 is 1.07 bits per heavy atom. The van der Waals surface area contributed by atoms with Gasteiger partial charge >= 0.3 is 0 Å². The first-order valence-corrected chi connectivity index (χ1v) is 10.8. The molecule has 1 amide bonds. The monoisotopic (exact) mass is 407 g/mol. The van der Waals surface area contributed by atoms with Crippen molar-refractivity contribution in [2.75, 3.05) is 10.8 Å². The second-order valence-corrected chi connectivity index (χ2v) is 9.09. The standard InChI is InChI=1S/C22H21N3O3S/c1-15(2)17-11-9-16(10-12-17)13-23-24-21(26)14-25-19-7-3-5-18-6-4-8-20(22(18)19)29(25,27)28/h3-13,15H,14H2,1-2H3,(H,24,26)/b23-13-. The van der Waals surface area contributed by atoms with Crippen LogP contribution in [0.25, 0.3) is 10.8 Å². The largest absolute Gasteiger partial charge is 0.271 e. The maximum Gasteiger partial charge on any atom is 0.265 e. The lowest BCUT2D eigenvalue weighted by molar-refractivity contribution is -0.119. The van der Waals surface area contributed by atoms with Gasteiger partial charge in [-0.2, -0.15) is 5.10 Å². The summed E-state index contributed by atoms with van der Waals surface area (Å²) in [6.45, 7) is 3.91. The van der Waals surface area contributed by atoms with Gasteiger partial charge in [0.05, 0.1) is 16.8 Å². The van der Waals surface area contributed by atoms with E-state index in [1.807, 2.05) is 36.4 Å². The molecular formula is C22H21N3O3S. The van der Waals surface area contributed by atoms with Crippen LogP contribution >= 0.6 is 0 Å². The second kappa shape index (κ2) is 7.33. The van der Waals surface area contributed by atoms with Gasteiger partial charge in [0.15, 0.2) is 0 Å². The van der Waals surface area contributed by atoms with Crippen LogP contribution in [0.3, 0.4) is 0 Å². The Morgan fingerprint density at radius 2 is 1.76 bits per heavy atom. The number of nitrogens with zero attached hydrogens (tertiary/aromatic N) is 2. The average molecular weight is 407 g/mol. The zero-order valence-electron chi connectivity index (χ0n) is 16.2. The first-order chi connectivity index (χ1) is 13.9. The van der Waals surface area contributed by atoms with E-state index in [1.54, 1.807) is 24.3 Å². The molecule has 29 heavy (non-hydrogen) atoms. The van der Waals surface area contributed by atoms with Crippen molar-refractivity contribution in [2.45, 2.75) is 24.7 Å². The molecule has 1 N–H and O–H groups in total. The molecular weight excluding hydrogens is 386 g/mol. The Kier molecular flexibility index (Phi) is 4.84. The molecule has 0 saturated heterocycles. The third kappa shape index (κ3) is 3.49. The van der Waals surface area contributed by atoms with Crippen molar-refractivity contribution in [3.63, 3.8) is 0 Å². The minimum atomic E-state index is -3.76. The van der Waals surface area contributed by atoms with Gasteiger partial charge in [0.1, 0.15) is 6.54 Å². The quantitative estimate of drug-likeness (QED) is 0.518. The van der Waals surface area contributed by atoms with Gasteiger partial charge in [0, 0.05) is 5.39 Å². The molecule has 0 aliphatic carbocycles. The number of amides is 1. The summed E-state index contributed by atoms with van der Waals surface area (Å²) in [5.74, 6) is -0.0647. The zero-order valence-corrected chi connectivity index (χ0v) is 17.0. The number of sulfonamides is 1. The highest BCUT2D eigenvalue weighted by Crippen LogP contribution is 2.41. The summed E-state index contributed by atoms with van der Waals surface area (Å²) in [6.07, 6.45) is 1.54. The predicted octanol–water partition coefficient (Wildman–Crippen LogP) is 3.62. The van der Waals surface area contributed by atoms with E-state index in [4.69, 9.17) is 0 Å². The van der Waals surface area contributed by atoms with E-state index in [9.17, 15) is 13.2 Å². The fraction of sp³-hybridized carbons (Fsp3) is 0.182. The first-order valence-electron chi connectivity index (χ1n) is 9.34. The van der Waals surface area contributed by atoms with Crippen LogP contribution in [0.15, 0.2) is 70.7 Å². The Bertz CT molecular complexity index is 1210. The number of hydrogen-bond acceptors (Lipinski definition) is 4. The van der Waals surface area contributed by atoms with Gasteiger partial charge in [-0.05, 0) is 34.6 Å². The molecule has 0 spiro atoms. The number of rotatable bonds is 5. The highest BCUT2D eigenvalue weighted by Gasteiger charge is 2.36. The van der Waals surface area contributed by atoms with Crippen molar-refractivity contribution in [1.82, 2.24) is 5.43 Å². The fourth-order valence-corrected chi connectivity index (χ4v) is 5.11. The number of nitrogens with one attached hydrogen (secondary N) is 1. The van der Waals surface area contributed by atoms with Gasteiger partial charge in [0.2, 0.25) is 0 Å². The molecule has 4 rings (SSSR count). The molecule has 6 nitrogen and oxygen atoms in total. The summed E-state index contributed by atoms with van der Waals surface area (Å²) >= 11 is 0. The average Bonchev–Trinajstić information content (AvgIpc) is 2.92. The van der Waals surface area contributed by atoms with Crippen LogP contribution in [0, 0.1) is 0 Å². The van der Waals surface area contributed by atoms with E-state index in [0.29, 0.717) is 17.0 Å². The summed E-state index contributed by atoms with van der Waals surface area (Å²) in [5.41, 5.74) is 5.00. The number of carbonyl (C=O) groups is 1. The number of anilines is 1. The molecule has 3 aromatic rings. The fourth-order valence-electron chi connectivity index (χ4n) is 3.44. The van der Waals surface area contributed by atoms with Crippen molar-refractivity contribution in [3.8, 4) is 0 Å². The van der Waals surface area contributed by atoms with Crippen molar-refractivity contribution < 1.29 is 13.2 Å². The van der Waals surface area contributed by atoms with Gasteiger partial charge in [-0.15, -0.1) is 0 Å². The second-order valence-electron chi connectivity index (χ2n) is 7.26. The van der Waals surface area contributed by atoms with E-state index in [1.165, 1.54) is 11.8 Å². The van der Waals surface area contributed by atoms with E-state index >= 15 is 0 Å². The molecule has 0 bridgehead atoms.